The molecule has 1 amide bonds. The van der Waals surface area contributed by atoms with Crippen molar-refractivity contribution in [2.75, 3.05) is 0 Å². The summed E-state index contributed by atoms with van der Waals surface area (Å²) in [6.45, 7) is 1.88. The molecule has 4 rings (SSSR count). The zero-order valence-corrected chi connectivity index (χ0v) is 13.9. The number of halogens is 1. The largest absolute Gasteiger partial charge is 0.493 e. The van der Waals surface area contributed by atoms with Gasteiger partial charge in [-0.05, 0) is 40.5 Å². The molecule has 1 aliphatic rings. The van der Waals surface area contributed by atoms with E-state index in [2.05, 4.69) is 46.1 Å². The molecule has 9 heteroatoms. The molecule has 0 bridgehead atoms. The molecule has 0 spiro atoms. The van der Waals surface area contributed by atoms with Crippen LogP contribution >= 0.6 is 15.9 Å². The molecule has 3 aromatic rings. The topological polar surface area (TPSA) is 116 Å². The second-order valence-electron chi connectivity index (χ2n) is 5.22. The minimum absolute atomic E-state index is 0.0770. The van der Waals surface area contributed by atoms with Crippen molar-refractivity contribution in [3.8, 4) is 5.88 Å². The molecule has 24 heavy (non-hydrogen) atoms. The fourth-order valence-corrected chi connectivity index (χ4v) is 2.74. The van der Waals surface area contributed by atoms with Gasteiger partial charge in [0.2, 0.25) is 5.88 Å². The summed E-state index contributed by atoms with van der Waals surface area (Å²) in [6.07, 6.45) is 3.22. The van der Waals surface area contributed by atoms with Crippen LogP contribution in [0.5, 0.6) is 5.88 Å². The van der Waals surface area contributed by atoms with Crippen molar-refractivity contribution < 1.29 is 9.90 Å². The molecule has 2 N–H and O–H groups in total. The quantitative estimate of drug-likeness (QED) is 0.654. The summed E-state index contributed by atoms with van der Waals surface area (Å²) in [5, 5.41) is 19.2. The second-order valence-corrected chi connectivity index (χ2v) is 6.14. The first-order chi connectivity index (χ1) is 11.5. The van der Waals surface area contributed by atoms with Gasteiger partial charge in [-0.2, -0.15) is 4.99 Å². The van der Waals surface area contributed by atoms with E-state index in [4.69, 9.17) is 0 Å². The molecular weight excluding hydrogens is 376 g/mol. The Balaban J connectivity index is 1.89. The Kier molecular flexibility index (Phi) is 3.24. The van der Waals surface area contributed by atoms with Crippen LogP contribution in [0.2, 0.25) is 0 Å². The number of aromatic amines is 1. The number of amides is 1. The molecular formula is C15H9BrN6O2. The highest BCUT2D eigenvalue weighted by Crippen LogP contribution is 2.35. The lowest BCUT2D eigenvalue weighted by Crippen LogP contribution is -2.25. The van der Waals surface area contributed by atoms with Gasteiger partial charge in [-0.1, -0.05) is 0 Å². The van der Waals surface area contributed by atoms with Crippen LogP contribution in [0.25, 0.3) is 16.7 Å². The number of pyridine rings is 2. The standard InChI is InChI=1S/C15H9BrN6O2/c1-6-2-8-10(14(23)19-12(8)17-4-6)21-22-11-9-3-7(16)5-18-13(9)20-15(11)24/h2-5,23H,1H3,(H,17,19). The smallest absolute Gasteiger partial charge is 0.300 e. The first kappa shape index (κ1) is 14.6. The van der Waals surface area contributed by atoms with E-state index >= 15 is 0 Å². The fourth-order valence-electron chi connectivity index (χ4n) is 2.41. The third kappa shape index (κ3) is 2.29. The molecule has 8 nitrogen and oxygen atoms in total. The number of H-pyrrole nitrogens is 1. The molecule has 0 saturated heterocycles. The summed E-state index contributed by atoms with van der Waals surface area (Å²) in [7, 11) is 0. The number of hydrogen-bond acceptors (Lipinski definition) is 6. The summed E-state index contributed by atoms with van der Waals surface area (Å²) < 4.78 is 0.702. The number of nitrogens with zero attached hydrogens (tertiary/aromatic N) is 5. The average Bonchev–Trinajstić information content (AvgIpc) is 3.01. The van der Waals surface area contributed by atoms with Gasteiger partial charge in [-0.25, -0.2) is 9.97 Å². The lowest BCUT2D eigenvalue weighted by molar-refractivity contribution is -0.112. The van der Waals surface area contributed by atoms with E-state index in [0.29, 0.717) is 26.2 Å². The Morgan fingerprint density at radius 3 is 2.88 bits per heavy atom. The Labute approximate surface area is 142 Å². The van der Waals surface area contributed by atoms with Crippen LogP contribution in [0.1, 0.15) is 5.56 Å². The van der Waals surface area contributed by atoms with Crippen molar-refractivity contribution >= 4 is 44.3 Å². The van der Waals surface area contributed by atoms with Gasteiger partial charge >= 0.3 is 0 Å². The van der Waals surface area contributed by atoms with Crippen molar-refractivity contribution in [3.63, 3.8) is 0 Å². The maximum atomic E-state index is 12.0. The van der Waals surface area contributed by atoms with Crippen LogP contribution in [0.3, 0.4) is 0 Å². The predicted octanol–water partition coefficient (Wildman–Crippen LogP) is 1.79. The van der Waals surface area contributed by atoms with Crippen LogP contribution in [0, 0.1) is 6.92 Å². The highest BCUT2D eigenvalue weighted by atomic mass is 79.9. The number of azo groups is 1. The first-order valence-electron chi connectivity index (χ1n) is 6.91. The predicted molar refractivity (Wildman–Crippen MR) is 88.1 cm³/mol. The highest BCUT2D eigenvalue weighted by Gasteiger charge is 2.18. The third-order valence-electron chi connectivity index (χ3n) is 3.49. The van der Waals surface area contributed by atoms with Gasteiger partial charge in [0.05, 0.1) is 10.6 Å². The Bertz CT molecular complexity index is 1160. The van der Waals surface area contributed by atoms with Gasteiger partial charge in [0.15, 0.2) is 16.9 Å². The lowest BCUT2D eigenvalue weighted by atomic mass is 10.2. The summed E-state index contributed by atoms with van der Waals surface area (Å²) in [6, 6.07) is 3.52. The first-order valence-corrected chi connectivity index (χ1v) is 7.70. The van der Waals surface area contributed by atoms with Gasteiger partial charge in [-0.15, -0.1) is 10.2 Å². The molecule has 1 aliphatic heterocycles. The monoisotopic (exact) mass is 384 g/mol. The van der Waals surface area contributed by atoms with Crippen LogP contribution in [0.15, 0.2) is 44.2 Å². The number of aryl methyl sites for hydroxylation is 1. The van der Waals surface area contributed by atoms with Crippen molar-refractivity contribution in [2.24, 2.45) is 15.2 Å². The van der Waals surface area contributed by atoms with Crippen molar-refractivity contribution in [3.05, 3.63) is 45.3 Å². The zero-order chi connectivity index (χ0) is 16.8. The van der Waals surface area contributed by atoms with Crippen LogP contribution < -0.4 is 10.7 Å². The number of carbonyl (C=O) groups excluding carboxylic acids is 1. The minimum atomic E-state index is -0.520. The number of rotatable bonds is 2. The van der Waals surface area contributed by atoms with Crippen LogP contribution in [0.4, 0.5) is 5.69 Å². The zero-order valence-electron chi connectivity index (χ0n) is 12.3. The van der Waals surface area contributed by atoms with Gasteiger partial charge in [0.1, 0.15) is 5.65 Å². The normalized spacial score (nSPS) is 13.8. The molecule has 0 saturated carbocycles. The van der Waals surface area contributed by atoms with Gasteiger partial charge in [0.25, 0.3) is 5.91 Å². The molecule has 118 valence electrons. The molecule has 0 atom stereocenters. The van der Waals surface area contributed by atoms with E-state index in [-0.39, 0.29) is 17.3 Å². The van der Waals surface area contributed by atoms with Gasteiger partial charge in [-0.3, -0.25) is 4.79 Å². The number of hydrogen-bond donors (Lipinski definition) is 2. The molecule has 4 heterocycles. The van der Waals surface area contributed by atoms with E-state index in [0.717, 1.165) is 5.56 Å². The van der Waals surface area contributed by atoms with Crippen molar-refractivity contribution in [1.82, 2.24) is 15.0 Å². The lowest BCUT2D eigenvalue weighted by Gasteiger charge is -1.94. The Hall–Kier alpha value is -2.94. The Morgan fingerprint density at radius 2 is 2.04 bits per heavy atom. The van der Waals surface area contributed by atoms with Gasteiger partial charge < -0.3 is 10.1 Å². The maximum absolute atomic E-state index is 12.0. The summed E-state index contributed by atoms with van der Waals surface area (Å²) in [4.78, 5) is 26.8. The number of aromatic nitrogens is 3. The maximum Gasteiger partial charge on any atom is 0.300 e. The molecule has 0 aliphatic carbocycles. The molecule has 0 aromatic carbocycles. The van der Waals surface area contributed by atoms with Gasteiger partial charge in [0, 0.05) is 16.9 Å². The fraction of sp³-hybridized carbons (Fsp3) is 0.0667. The molecule has 3 aromatic heterocycles. The number of fused-ring (bicyclic) bond motifs is 2. The SMILES string of the molecule is Cc1cnc2[nH]c(O)c(N=NC3=c4cc(Br)cnc4=NC3=O)c2c1. The Morgan fingerprint density at radius 1 is 1.21 bits per heavy atom. The minimum Gasteiger partial charge on any atom is -0.493 e. The number of nitrogens with one attached hydrogen (secondary N) is 1. The van der Waals surface area contributed by atoms with E-state index < -0.39 is 5.91 Å². The average molecular weight is 385 g/mol. The van der Waals surface area contributed by atoms with E-state index in [1.165, 1.54) is 0 Å². The summed E-state index contributed by atoms with van der Waals surface area (Å²) in [5.41, 5.74) is 2.00. The van der Waals surface area contributed by atoms with Crippen LogP contribution in [-0.4, -0.2) is 26.0 Å². The van der Waals surface area contributed by atoms with E-state index in [9.17, 15) is 9.90 Å². The van der Waals surface area contributed by atoms with Crippen LogP contribution in [-0.2, 0) is 4.79 Å². The second kappa shape index (κ2) is 5.31. The van der Waals surface area contributed by atoms with E-state index in [1.54, 1.807) is 18.5 Å². The highest BCUT2D eigenvalue weighted by molar-refractivity contribution is 9.10. The summed E-state index contributed by atoms with van der Waals surface area (Å²) in [5.74, 6) is -0.685. The number of carbonyl (C=O) groups is 1. The molecule has 0 radical (unpaired) electrons. The van der Waals surface area contributed by atoms with Crippen molar-refractivity contribution in [2.45, 2.75) is 6.92 Å². The third-order valence-corrected chi connectivity index (χ3v) is 3.92. The number of aromatic hydroxyl groups is 1. The summed E-state index contributed by atoms with van der Waals surface area (Å²) >= 11 is 3.30. The van der Waals surface area contributed by atoms with Crippen molar-refractivity contribution in [1.29, 1.82) is 0 Å². The molecule has 0 unspecified atom stereocenters. The molecule has 0 fully saturated rings. The van der Waals surface area contributed by atoms with E-state index in [1.807, 2.05) is 13.0 Å².